The number of nitrogens with zero attached hydrogens (tertiary/aromatic N) is 3. The van der Waals surface area contributed by atoms with Crippen LogP contribution in [0.5, 0.6) is 0 Å². The van der Waals surface area contributed by atoms with E-state index >= 15 is 0 Å². The van der Waals surface area contributed by atoms with Crippen LogP contribution in [0.15, 0.2) is 48.8 Å². The van der Waals surface area contributed by atoms with Gasteiger partial charge in [-0.15, -0.1) is 0 Å². The van der Waals surface area contributed by atoms with Crippen LogP contribution in [0.2, 0.25) is 0 Å². The van der Waals surface area contributed by atoms with Crippen LogP contribution in [0.1, 0.15) is 11.1 Å². The van der Waals surface area contributed by atoms with Crippen LogP contribution >= 0.6 is 0 Å². The molecule has 1 aliphatic heterocycles. The molecule has 4 nitrogen and oxygen atoms in total. The lowest BCUT2D eigenvalue weighted by molar-refractivity contribution is 0.384. The standard InChI is InChI=1S/C17H20N4/c1-14-2-4-15(5-3-14)17(18)21-12-10-20(11-13-21)16-6-8-19-9-7-16/h2-9,18H,10-13H2,1H3. The summed E-state index contributed by atoms with van der Waals surface area (Å²) in [6.45, 7) is 5.72. The number of benzene rings is 1. The first-order valence-corrected chi connectivity index (χ1v) is 7.29. The third-order valence-corrected chi connectivity index (χ3v) is 3.95. The Kier molecular flexibility index (Phi) is 3.86. The molecule has 3 rings (SSSR count). The maximum absolute atomic E-state index is 8.36. The molecule has 0 bridgehead atoms. The van der Waals surface area contributed by atoms with Gasteiger partial charge in [0.25, 0.3) is 0 Å². The SMILES string of the molecule is Cc1ccc(C(=N)N2CCN(c3ccncc3)CC2)cc1. The fourth-order valence-corrected chi connectivity index (χ4v) is 2.64. The molecule has 4 heteroatoms. The predicted octanol–water partition coefficient (Wildman–Crippen LogP) is 2.54. The number of piperazine rings is 1. The van der Waals surface area contributed by atoms with E-state index in [0.29, 0.717) is 5.84 Å². The van der Waals surface area contributed by atoms with Crippen LogP contribution in [-0.4, -0.2) is 41.9 Å². The number of rotatable bonds is 2. The molecule has 1 aromatic heterocycles. The van der Waals surface area contributed by atoms with E-state index in [1.165, 1.54) is 11.3 Å². The van der Waals surface area contributed by atoms with Crippen molar-refractivity contribution in [2.75, 3.05) is 31.1 Å². The normalized spacial score (nSPS) is 15.1. The molecule has 1 aliphatic rings. The van der Waals surface area contributed by atoms with E-state index < -0.39 is 0 Å². The summed E-state index contributed by atoms with van der Waals surface area (Å²) < 4.78 is 0. The second kappa shape index (κ2) is 5.95. The number of amidine groups is 1. The lowest BCUT2D eigenvalue weighted by Gasteiger charge is -2.37. The van der Waals surface area contributed by atoms with Crippen LogP contribution in [0, 0.1) is 12.3 Å². The van der Waals surface area contributed by atoms with Gasteiger partial charge in [-0.25, -0.2) is 0 Å². The molecule has 0 spiro atoms. The Morgan fingerprint density at radius 1 is 0.952 bits per heavy atom. The highest BCUT2D eigenvalue weighted by Gasteiger charge is 2.19. The van der Waals surface area contributed by atoms with Gasteiger partial charge in [0.15, 0.2) is 0 Å². The summed E-state index contributed by atoms with van der Waals surface area (Å²) in [6.07, 6.45) is 3.66. The summed E-state index contributed by atoms with van der Waals surface area (Å²) in [4.78, 5) is 8.56. The number of aryl methyl sites for hydroxylation is 1. The molecule has 2 heterocycles. The number of hydrogen-bond donors (Lipinski definition) is 1. The van der Waals surface area contributed by atoms with Crippen LogP contribution < -0.4 is 4.90 Å². The minimum absolute atomic E-state index is 0.629. The number of pyridine rings is 1. The van der Waals surface area contributed by atoms with Crippen molar-refractivity contribution in [3.8, 4) is 0 Å². The van der Waals surface area contributed by atoms with Gasteiger partial charge in [-0.05, 0) is 19.1 Å². The average Bonchev–Trinajstić information content (AvgIpc) is 2.56. The van der Waals surface area contributed by atoms with Crippen molar-refractivity contribution >= 4 is 11.5 Å². The minimum atomic E-state index is 0.629. The zero-order valence-electron chi connectivity index (χ0n) is 12.3. The third kappa shape index (κ3) is 3.05. The molecule has 0 aliphatic carbocycles. The fourth-order valence-electron chi connectivity index (χ4n) is 2.64. The molecular formula is C17H20N4. The van der Waals surface area contributed by atoms with Crippen LogP contribution in [-0.2, 0) is 0 Å². The van der Waals surface area contributed by atoms with E-state index in [1.54, 1.807) is 0 Å². The summed E-state index contributed by atoms with van der Waals surface area (Å²) in [5.41, 5.74) is 3.44. The van der Waals surface area contributed by atoms with Crippen molar-refractivity contribution in [1.82, 2.24) is 9.88 Å². The highest BCUT2D eigenvalue weighted by atomic mass is 15.3. The van der Waals surface area contributed by atoms with Crippen LogP contribution in [0.4, 0.5) is 5.69 Å². The first kappa shape index (κ1) is 13.6. The van der Waals surface area contributed by atoms with Crippen molar-refractivity contribution in [3.05, 3.63) is 59.9 Å². The minimum Gasteiger partial charge on any atom is -0.368 e. The van der Waals surface area contributed by atoms with E-state index in [0.717, 1.165) is 31.7 Å². The van der Waals surface area contributed by atoms with Gasteiger partial charge in [-0.1, -0.05) is 29.8 Å². The summed E-state index contributed by atoms with van der Waals surface area (Å²) in [5.74, 6) is 0.629. The van der Waals surface area contributed by atoms with Crippen molar-refractivity contribution in [1.29, 1.82) is 5.41 Å². The molecule has 1 saturated heterocycles. The molecule has 0 atom stereocenters. The summed E-state index contributed by atoms with van der Waals surface area (Å²) in [7, 11) is 0. The average molecular weight is 280 g/mol. The molecule has 0 radical (unpaired) electrons. The van der Waals surface area contributed by atoms with Gasteiger partial charge in [-0.3, -0.25) is 10.4 Å². The third-order valence-electron chi connectivity index (χ3n) is 3.95. The predicted molar refractivity (Wildman–Crippen MR) is 86.0 cm³/mol. The Bertz CT molecular complexity index is 598. The molecule has 1 fully saturated rings. The zero-order valence-corrected chi connectivity index (χ0v) is 12.3. The van der Waals surface area contributed by atoms with Crippen molar-refractivity contribution in [2.45, 2.75) is 6.92 Å². The smallest absolute Gasteiger partial charge is 0.128 e. The van der Waals surface area contributed by atoms with Gasteiger partial charge in [0.1, 0.15) is 5.84 Å². The quantitative estimate of drug-likeness (QED) is 0.679. The Balaban J connectivity index is 1.63. The Hall–Kier alpha value is -2.36. The zero-order chi connectivity index (χ0) is 14.7. The van der Waals surface area contributed by atoms with Crippen molar-refractivity contribution in [2.24, 2.45) is 0 Å². The van der Waals surface area contributed by atoms with Gasteiger partial charge in [-0.2, -0.15) is 0 Å². The van der Waals surface area contributed by atoms with E-state index in [2.05, 4.69) is 33.8 Å². The van der Waals surface area contributed by atoms with Gasteiger partial charge < -0.3 is 9.80 Å². The molecule has 2 aromatic rings. The Morgan fingerprint density at radius 2 is 1.57 bits per heavy atom. The highest BCUT2D eigenvalue weighted by Crippen LogP contribution is 2.16. The fraction of sp³-hybridized carbons (Fsp3) is 0.294. The van der Waals surface area contributed by atoms with Gasteiger partial charge in [0, 0.05) is 49.8 Å². The number of nitrogens with one attached hydrogen (secondary N) is 1. The topological polar surface area (TPSA) is 43.2 Å². The van der Waals surface area contributed by atoms with Crippen LogP contribution in [0.25, 0.3) is 0 Å². The maximum atomic E-state index is 8.36. The van der Waals surface area contributed by atoms with Crippen LogP contribution in [0.3, 0.4) is 0 Å². The summed E-state index contributed by atoms with van der Waals surface area (Å²) in [6, 6.07) is 12.3. The number of aromatic nitrogens is 1. The Labute approximate surface area is 125 Å². The number of anilines is 1. The maximum Gasteiger partial charge on any atom is 0.128 e. The van der Waals surface area contributed by atoms with E-state index in [1.807, 2.05) is 36.7 Å². The summed E-state index contributed by atoms with van der Waals surface area (Å²) in [5, 5.41) is 8.36. The lowest BCUT2D eigenvalue weighted by Crippen LogP contribution is -2.48. The Morgan fingerprint density at radius 3 is 2.19 bits per heavy atom. The highest BCUT2D eigenvalue weighted by molar-refractivity contribution is 5.96. The second-order valence-corrected chi connectivity index (χ2v) is 5.39. The van der Waals surface area contributed by atoms with E-state index in [-0.39, 0.29) is 0 Å². The molecule has 1 aromatic carbocycles. The van der Waals surface area contributed by atoms with E-state index in [9.17, 15) is 0 Å². The number of hydrogen-bond acceptors (Lipinski definition) is 3. The van der Waals surface area contributed by atoms with Crippen molar-refractivity contribution < 1.29 is 0 Å². The molecule has 21 heavy (non-hydrogen) atoms. The van der Waals surface area contributed by atoms with Crippen molar-refractivity contribution in [3.63, 3.8) is 0 Å². The molecule has 0 unspecified atom stereocenters. The summed E-state index contributed by atoms with van der Waals surface area (Å²) >= 11 is 0. The lowest BCUT2D eigenvalue weighted by atomic mass is 10.1. The second-order valence-electron chi connectivity index (χ2n) is 5.39. The molecule has 108 valence electrons. The first-order chi connectivity index (χ1) is 10.2. The molecule has 1 N–H and O–H groups in total. The van der Waals surface area contributed by atoms with Gasteiger partial charge in [0.05, 0.1) is 0 Å². The van der Waals surface area contributed by atoms with E-state index in [4.69, 9.17) is 5.41 Å². The molecule has 0 saturated carbocycles. The molecular weight excluding hydrogens is 260 g/mol. The van der Waals surface area contributed by atoms with Gasteiger partial charge >= 0.3 is 0 Å². The first-order valence-electron chi connectivity index (χ1n) is 7.29. The monoisotopic (exact) mass is 280 g/mol. The largest absolute Gasteiger partial charge is 0.368 e. The van der Waals surface area contributed by atoms with Gasteiger partial charge in [0.2, 0.25) is 0 Å². The molecule has 0 amide bonds.